The molecule has 1 aromatic heterocycles. The fourth-order valence-corrected chi connectivity index (χ4v) is 6.47. The first-order chi connectivity index (χ1) is 16.1. The normalized spacial score (nSPS) is 30.4. The molecule has 5 aliphatic rings. The lowest BCUT2D eigenvalue weighted by atomic mass is 9.73. The summed E-state index contributed by atoms with van der Waals surface area (Å²) in [5, 5.41) is 10.7. The number of allylic oxidation sites excluding steroid dienone is 3. The van der Waals surface area contributed by atoms with Crippen LogP contribution in [0.2, 0.25) is 0 Å². The van der Waals surface area contributed by atoms with E-state index in [1.54, 1.807) is 18.3 Å². The van der Waals surface area contributed by atoms with E-state index < -0.39 is 5.41 Å². The van der Waals surface area contributed by atoms with Gasteiger partial charge in [-0.25, -0.2) is 0 Å². The van der Waals surface area contributed by atoms with Crippen LogP contribution in [-0.4, -0.2) is 58.8 Å². The van der Waals surface area contributed by atoms with Crippen LogP contribution in [0.3, 0.4) is 0 Å². The molecule has 2 bridgehead atoms. The van der Waals surface area contributed by atoms with Crippen LogP contribution in [0.4, 0.5) is 5.82 Å². The van der Waals surface area contributed by atoms with Crippen molar-refractivity contribution in [3.8, 4) is 0 Å². The molecule has 1 amide bonds. The number of carbonyl (C=O) groups is 2. The zero-order valence-electron chi connectivity index (χ0n) is 19.4. The zero-order chi connectivity index (χ0) is 22.7. The third-order valence-corrected chi connectivity index (χ3v) is 8.35. The Bertz CT molecular complexity index is 926. The van der Waals surface area contributed by atoms with Gasteiger partial charge in [-0.05, 0) is 37.0 Å². The fraction of sp³-hybridized carbons (Fsp3) is 0.615. The van der Waals surface area contributed by atoms with Gasteiger partial charge in [0.25, 0.3) is 5.91 Å². The summed E-state index contributed by atoms with van der Waals surface area (Å²) in [6, 6.07) is 3.51. The van der Waals surface area contributed by atoms with Crippen LogP contribution in [-0.2, 0) is 14.3 Å². The van der Waals surface area contributed by atoms with Crippen molar-refractivity contribution in [2.24, 2.45) is 11.3 Å². The molecule has 3 aliphatic heterocycles. The van der Waals surface area contributed by atoms with Gasteiger partial charge in [-0.1, -0.05) is 43.9 Å². The van der Waals surface area contributed by atoms with E-state index in [2.05, 4.69) is 33.7 Å². The van der Waals surface area contributed by atoms with E-state index in [4.69, 9.17) is 4.74 Å². The summed E-state index contributed by atoms with van der Waals surface area (Å²) < 4.78 is 7.08. The Hall–Kier alpha value is -2.54. The maximum absolute atomic E-state index is 13.8. The van der Waals surface area contributed by atoms with Crippen molar-refractivity contribution in [1.82, 2.24) is 10.2 Å². The van der Waals surface area contributed by atoms with Crippen molar-refractivity contribution in [3.63, 3.8) is 0 Å². The summed E-state index contributed by atoms with van der Waals surface area (Å²) >= 11 is 0. The number of hydrogen-bond donors (Lipinski definition) is 1. The SMILES string of the molecule is O=C(C[N+]12CCC(CC1)[C@@H](OC(=O)C1(C3=CC=CC3)CCCCCC1)C2)Nc1cccnn1. The van der Waals surface area contributed by atoms with E-state index in [1.165, 1.54) is 18.4 Å². The molecule has 1 saturated carbocycles. The number of ether oxygens (including phenoxy) is 1. The van der Waals surface area contributed by atoms with Crippen molar-refractivity contribution < 1.29 is 18.8 Å². The van der Waals surface area contributed by atoms with Crippen LogP contribution in [0.1, 0.15) is 57.8 Å². The molecule has 4 fully saturated rings. The number of esters is 1. The monoisotopic (exact) mass is 451 g/mol. The van der Waals surface area contributed by atoms with Crippen molar-refractivity contribution in [1.29, 1.82) is 0 Å². The molecule has 6 rings (SSSR count). The van der Waals surface area contributed by atoms with Gasteiger partial charge in [0.15, 0.2) is 18.5 Å². The third-order valence-electron chi connectivity index (χ3n) is 8.35. The molecule has 33 heavy (non-hydrogen) atoms. The summed E-state index contributed by atoms with van der Waals surface area (Å²) in [5.74, 6) is 0.823. The summed E-state index contributed by atoms with van der Waals surface area (Å²) in [4.78, 5) is 26.6. The van der Waals surface area contributed by atoms with E-state index in [1.807, 2.05) is 0 Å². The average Bonchev–Trinajstić information content (AvgIpc) is 3.25. The Morgan fingerprint density at radius 2 is 1.94 bits per heavy atom. The second-order valence-corrected chi connectivity index (χ2v) is 10.4. The topological polar surface area (TPSA) is 81.2 Å². The number of nitrogens with zero attached hydrogens (tertiary/aromatic N) is 3. The van der Waals surface area contributed by atoms with Gasteiger partial charge in [0.2, 0.25) is 0 Å². The maximum atomic E-state index is 13.8. The predicted molar refractivity (Wildman–Crippen MR) is 125 cm³/mol. The third kappa shape index (κ3) is 4.60. The van der Waals surface area contributed by atoms with Gasteiger partial charge < -0.3 is 14.5 Å². The molecule has 0 spiro atoms. The Morgan fingerprint density at radius 1 is 1.15 bits per heavy atom. The molecule has 0 radical (unpaired) electrons. The predicted octanol–water partition coefficient (Wildman–Crippen LogP) is 3.79. The molecule has 3 saturated heterocycles. The number of nitrogens with one attached hydrogen (secondary N) is 1. The lowest BCUT2D eigenvalue weighted by Crippen LogP contribution is -2.66. The van der Waals surface area contributed by atoms with Gasteiger partial charge in [0.05, 0.1) is 18.5 Å². The van der Waals surface area contributed by atoms with Crippen LogP contribution in [0.5, 0.6) is 0 Å². The first kappa shape index (κ1) is 22.3. The first-order valence-corrected chi connectivity index (χ1v) is 12.6. The fourth-order valence-electron chi connectivity index (χ4n) is 6.47. The number of carbonyl (C=O) groups excluding carboxylic acids is 2. The summed E-state index contributed by atoms with van der Waals surface area (Å²) in [6.07, 6.45) is 17.1. The quantitative estimate of drug-likeness (QED) is 0.404. The van der Waals surface area contributed by atoms with Crippen LogP contribution in [0.15, 0.2) is 42.1 Å². The number of fused-ring (bicyclic) bond motifs is 3. The van der Waals surface area contributed by atoms with E-state index in [0.717, 1.165) is 64.6 Å². The number of anilines is 1. The summed E-state index contributed by atoms with van der Waals surface area (Å²) in [6.45, 7) is 3.05. The smallest absolute Gasteiger partial charge is 0.316 e. The highest BCUT2D eigenvalue weighted by atomic mass is 16.5. The van der Waals surface area contributed by atoms with Gasteiger partial charge >= 0.3 is 5.97 Å². The molecule has 7 heteroatoms. The number of hydrogen-bond acceptors (Lipinski definition) is 5. The molecule has 1 N–H and O–H groups in total. The minimum absolute atomic E-state index is 0.0136. The number of piperidine rings is 3. The van der Waals surface area contributed by atoms with Gasteiger partial charge in [0, 0.05) is 25.0 Å². The van der Waals surface area contributed by atoms with E-state index >= 15 is 0 Å². The number of rotatable bonds is 6. The number of aromatic nitrogens is 2. The largest absolute Gasteiger partial charge is 0.455 e. The minimum atomic E-state index is -0.458. The molecule has 4 heterocycles. The molecule has 1 aromatic rings. The first-order valence-electron chi connectivity index (χ1n) is 12.6. The van der Waals surface area contributed by atoms with E-state index in [-0.39, 0.29) is 18.0 Å². The summed E-state index contributed by atoms with van der Waals surface area (Å²) in [7, 11) is 0. The van der Waals surface area contributed by atoms with Crippen LogP contribution in [0.25, 0.3) is 0 Å². The lowest BCUT2D eigenvalue weighted by molar-refractivity contribution is -0.939. The molecule has 2 aliphatic carbocycles. The van der Waals surface area contributed by atoms with Crippen LogP contribution < -0.4 is 5.32 Å². The Balaban J connectivity index is 1.27. The van der Waals surface area contributed by atoms with Crippen LogP contribution in [0, 0.1) is 11.3 Å². The Kier molecular flexibility index (Phi) is 6.32. The van der Waals surface area contributed by atoms with Crippen molar-refractivity contribution in [2.45, 2.75) is 63.9 Å². The van der Waals surface area contributed by atoms with Gasteiger partial charge in [-0.15, -0.1) is 5.10 Å². The molecule has 0 aromatic carbocycles. The molecule has 0 unspecified atom stereocenters. The molecular weight excluding hydrogens is 416 g/mol. The average molecular weight is 452 g/mol. The van der Waals surface area contributed by atoms with Gasteiger partial charge in [-0.2, -0.15) is 5.10 Å². The standard InChI is InChI=1S/C26H34N4O3/c31-24(28-23-10-7-15-27-29-23)19-30-16-11-20(12-17-30)22(18-30)33-25(32)26(21-8-3-4-9-21)13-5-1-2-6-14-26/h3-4,7-8,10,15,20,22H,1-2,5-6,9,11-14,16-19H2/p+1/t20?,22-,30?/m0/s1. The lowest BCUT2D eigenvalue weighted by Gasteiger charge is -2.52. The van der Waals surface area contributed by atoms with Crippen molar-refractivity contribution in [2.75, 3.05) is 31.5 Å². The van der Waals surface area contributed by atoms with Crippen molar-refractivity contribution in [3.05, 3.63) is 42.1 Å². The van der Waals surface area contributed by atoms with E-state index in [9.17, 15) is 9.59 Å². The van der Waals surface area contributed by atoms with Gasteiger partial charge in [-0.3, -0.25) is 9.59 Å². The molecule has 1 atom stereocenters. The Labute approximate surface area is 195 Å². The number of amides is 1. The molecule has 176 valence electrons. The highest BCUT2D eigenvalue weighted by molar-refractivity contribution is 5.90. The van der Waals surface area contributed by atoms with Gasteiger partial charge in [0.1, 0.15) is 6.54 Å². The highest BCUT2D eigenvalue weighted by Gasteiger charge is 2.51. The summed E-state index contributed by atoms with van der Waals surface area (Å²) in [5.41, 5.74) is 0.781. The highest BCUT2D eigenvalue weighted by Crippen LogP contribution is 2.46. The van der Waals surface area contributed by atoms with Crippen molar-refractivity contribution >= 4 is 17.7 Å². The maximum Gasteiger partial charge on any atom is 0.316 e. The second kappa shape index (κ2) is 9.37. The second-order valence-electron chi connectivity index (χ2n) is 10.4. The van der Waals surface area contributed by atoms with E-state index in [0.29, 0.717) is 22.8 Å². The van der Waals surface area contributed by atoms with Crippen LogP contribution >= 0.6 is 0 Å². The minimum Gasteiger partial charge on any atom is -0.455 e. The Morgan fingerprint density at radius 3 is 2.61 bits per heavy atom. The molecule has 7 nitrogen and oxygen atoms in total. The molecular formula is C26H35N4O3+. The number of quaternary nitrogens is 1. The zero-order valence-corrected chi connectivity index (χ0v) is 19.4.